The van der Waals surface area contributed by atoms with Crippen LogP contribution in [0.4, 0.5) is 11.4 Å². The van der Waals surface area contributed by atoms with Crippen molar-refractivity contribution < 1.29 is 13.3 Å². The van der Waals surface area contributed by atoms with Crippen LogP contribution >= 0.6 is 0 Å². The molecule has 0 radical (unpaired) electrons. The minimum Gasteiger partial charge on any atom is -0.269 e. The molecule has 0 heterocycles. The Bertz CT molecular complexity index is 768. The minimum absolute atomic E-state index is 0.0140. The van der Waals surface area contributed by atoms with Crippen molar-refractivity contribution in [3.8, 4) is 0 Å². The second kappa shape index (κ2) is 6.15. The molecular weight excluding hydrogens is 304 g/mol. The summed E-state index contributed by atoms with van der Waals surface area (Å²) in [7, 11) is -2.29. The van der Waals surface area contributed by atoms with Crippen molar-refractivity contribution in [2.45, 2.75) is 18.2 Å². The first-order valence-corrected chi connectivity index (χ1v) is 8.12. The van der Waals surface area contributed by atoms with Gasteiger partial charge in [-0.25, -0.2) is 8.42 Å². The molecule has 0 unspecified atom stereocenters. The van der Waals surface area contributed by atoms with Crippen LogP contribution in [0, 0.1) is 10.1 Å². The maximum atomic E-state index is 12.5. The van der Waals surface area contributed by atoms with Gasteiger partial charge in [-0.05, 0) is 36.2 Å². The van der Waals surface area contributed by atoms with Crippen LogP contribution in [0.15, 0.2) is 53.4 Å². The molecule has 0 fully saturated rings. The van der Waals surface area contributed by atoms with Crippen LogP contribution in [0.25, 0.3) is 0 Å². The Balaban J connectivity index is 2.33. The van der Waals surface area contributed by atoms with Crippen molar-refractivity contribution in [1.29, 1.82) is 0 Å². The molecule has 0 saturated carbocycles. The zero-order chi connectivity index (χ0) is 16.3. The molecule has 0 aliphatic rings. The van der Waals surface area contributed by atoms with Gasteiger partial charge < -0.3 is 0 Å². The highest BCUT2D eigenvalue weighted by atomic mass is 32.2. The lowest BCUT2D eigenvalue weighted by atomic mass is 10.1. The van der Waals surface area contributed by atoms with E-state index in [-0.39, 0.29) is 10.6 Å². The highest BCUT2D eigenvalue weighted by Gasteiger charge is 2.22. The van der Waals surface area contributed by atoms with Crippen LogP contribution in [0.2, 0.25) is 0 Å². The summed E-state index contributed by atoms with van der Waals surface area (Å²) in [6.07, 6.45) is 0.874. The molecule has 116 valence electrons. The summed E-state index contributed by atoms with van der Waals surface area (Å²) in [5.41, 5.74) is 1.51. The molecule has 0 saturated heterocycles. The van der Waals surface area contributed by atoms with Crippen molar-refractivity contribution in [3.05, 3.63) is 64.2 Å². The summed E-state index contributed by atoms with van der Waals surface area (Å²) in [5.74, 6) is 0. The number of anilines is 1. The highest BCUT2D eigenvalue weighted by molar-refractivity contribution is 7.92. The van der Waals surface area contributed by atoms with Gasteiger partial charge in [-0.2, -0.15) is 0 Å². The van der Waals surface area contributed by atoms with E-state index in [0.29, 0.717) is 5.69 Å². The predicted molar refractivity (Wildman–Crippen MR) is 84.5 cm³/mol. The van der Waals surface area contributed by atoms with Crippen LogP contribution in [0.5, 0.6) is 0 Å². The van der Waals surface area contributed by atoms with Gasteiger partial charge in [0.1, 0.15) is 0 Å². The van der Waals surface area contributed by atoms with E-state index >= 15 is 0 Å². The third kappa shape index (κ3) is 3.09. The SMILES string of the molecule is CCc1ccc(N(C)S(=O)(=O)c2ccc([N+](=O)[O-])cc2)cc1. The molecule has 0 aromatic heterocycles. The van der Waals surface area contributed by atoms with Crippen molar-refractivity contribution >= 4 is 21.4 Å². The lowest BCUT2D eigenvalue weighted by Gasteiger charge is -2.19. The molecule has 2 rings (SSSR count). The number of benzene rings is 2. The fraction of sp³-hybridized carbons (Fsp3) is 0.200. The number of rotatable bonds is 5. The maximum Gasteiger partial charge on any atom is 0.269 e. The minimum atomic E-state index is -3.74. The van der Waals surface area contributed by atoms with E-state index in [9.17, 15) is 18.5 Å². The number of nitrogens with zero attached hydrogens (tertiary/aromatic N) is 2. The Kier molecular flexibility index (Phi) is 4.46. The number of hydrogen-bond donors (Lipinski definition) is 0. The van der Waals surface area contributed by atoms with Crippen LogP contribution in [-0.2, 0) is 16.4 Å². The third-order valence-corrected chi connectivity index (χ3v) is 5.21. The van der Waals surface area contributed by atoms with Gasteiger partial charge in [0.2, 0.25) is 0 Å². The van der Waals surface area contributed by atoms with E-state index in [1.165, 1.54) is 31.3 Å². The van der Waals surface area contributed by atoms with Gasteiger partial charge in [-0.3, -0.25) is 14.4 Å². The van der Waals surface area contributed by atoms with E-state index in [2.05, 4.69) is 0 Å². The summed E-state index contributed by atoms with van der Waals surface area (Å²) >= 11 is 0. The summed E-state index contributed by atoms with van der Waals surface area (Å²) in [6, 6.07) is 12.1. The van der Waals surface area contributed by atoms with Crippen molar-refractivity contribution in [1.82, 2.24) is 0 Å². The second-order valence-corrected chi connectivity index (χ2v) is 6.71. The van der Waals surface area contributed by atoms with E-state index < -0.39 is 14.9 Å². The van der Waals surface area contributed by atoms with Gasteiger partial charge in [0.25, 0.3) is 15.7 Å². The average molecular weight is 320 g/mol. The molecule has 6 nitrogen and oxygen atoms in total. The molecule has 2 aromatic carbocycles. The number of nitro groups is 1. The lowest BCUT2D eigenvalue weighted by Crippen LogP contribution is -2.26. The van der Waals surface area contributed by atoms with E-state index in [0.717, 1.165) is 16.3 Å². The smallest absolute Gasteiger partial charge is 0.269 e. The fourth-order valence-corrected chi connectivity index (χ4v) is 3.17. The first-order valence-electron chi connectivity index (χ1n) is 6.68. The van der Waals surface area contributed by atoms with E-state index in [1.807, 2.05) is 19.1 Å². The molecule has 0 aliphatic heterocycles. The first-order chi connectivity index (χ1) is 10.4. The normalized spacial score (nSPS) is 11.2. The largest absolute Gasteiger partial charge is 0.269 e. The quantitative estimate of drug-likeness (QED) is 0.626. The zero-order valence-electron chi connectivity index (χ0n) is 12.3. The molecule has 0 spiro atoms. The van der Waals surface area contributed by atoms with Crippen LogP contribution in [-0.4, -0.2) is 20.4 Å². The molecule has 0 N–H and O–H groups in total. The topological polar surface area (TPSA) is 80.5 Å². The summed E-state index contributed by atoms with van der Waals surface area (Å²) in [5, 5.41) is 10.6. The first kappa shape index (κ1) is 16.0. The van der Waals surface area contributed by atoms with E-state index in [4.69, 9.17) is 0 Å². The Labute approximate surface area is 129 Å². The second-order valence-electron chi connectivity index (χ2n) is 4.74. The fourth-order valence-electron chi connectivity index (χ4n) is 1.98. The average Bonchev–Trinajstić information content (AvgIpc) is 2.54. The summed E-state index contributed by atoms with van der Waals surface area (Å²) in [6.45, 7) is 2.02. The Morgan fingerprint density at radius 2 is 1.59 bits per heavy atom. The van der Waals surface area contributed by atoms with Crippen LogP contribution in [0.3, 0.4) is 0 Å². The molecule has 22 heavy (non-hydrogen) atoms. The number of hydrogen-bond acceptors (Lipinski definition) is 4. The molecule has 7 heteroatoms. The maximum absolute atomic E-state index is 12.5. The molecular formula is C15H16N2O4S. The lowest BCUT2D eigenvalue weighted by molar-refractivity contribution is -0.384. The molecule has 0 atom stereocenters. The number of non-ortho nitro benzene ring substituents is 1. The zero-order valence-corrected chi connectivity index (χ0v) is 13.1. The Morgan fingerprint density at radius 1 is 1.05 bits per heavy atom. The van der Waals surface area contributed by atoms with Crippen molar-refractivity contribution in [3.63, 3.8) is 0 Å². The molecule has 2 aromatic rings. The van der Waals surface area contributed by atoms with Gasteiger partial charge in [0.05, 0.1) is 15.5 Å². The Morgan fingerprint density at radius 3 is 2.05 bits per heavy atom. The molecule has 0 amide bonds. The standard InChI is InChI=1S/C15H16N2O4S/c1-3-12-4-6-13(7-5-12)16(2)22(20,21)15-10-8-14(9-11-15)17(18)19/h4-11H,3H2,1-2H3. The van der Waals surface area contributed by atoms with Gasteiger partial charge in [0.15, 0.2) is 0 Å². The summed E-state index contributed by atoms with van der Waals surface area (Å²) in [4.78, 5) is 10.1. The van der Waals surface area contributed by atoms with E-state index in [1.54, 1.807) is 12.1 Å². The van der Waals surface area contributed by atoms with Crippen molar-refractivity contribution in [2.75, 3.05) is 11.4 Å². The number of aryl methyl sites for hydroxylation is 1. The molecule has 0 bridgehead atoms. The van der Waals surface area contributed by atoms with Crippen LogP contribution < -0.4 is 4.31 Å². The predicted octanol–water partition coefficient (Wildman–Crippen LogP) is 2.98. The Hall–Kier alpha value is -2.41. The van der Waals surface area contributed by atoms with Gasteiger partial charge in [0, 0.05) is 19.2 Å². The van der Waals surface area contributed by atoms with Crippen LogP contribution in [0.1, 0.15) is 12.5 Å². The van der Waals surface area contributed by atoms with Gasteiger partial charge in [-0.15, -0.1) is 0 Å². The van der Waals surface area contributed by atoms with Crippen molar-refractivity contribution in [2.24, 2.45) is 0 Å². The highest BCUT2D eigenvalue weighted by Crippen LogP contribution is 2.24. The summed E-state index contributed by atoms with van der Waals surface area (Å²) < 4.78 is 26.2. The molecule has 0 aliphatic carbocycles. The monoisotopic (exact) mass is 320 g/mol. The number of nitro benzene ring substituents is 1. The van der Waals surface area contributed by atoms with Gasteiger partial charge >= 0.3 is 0 Å². The third-order valence-electron chi connectivity index (χ3n) is 3.41. The number of sulfonamides is 1. The van der Waals surface area contributed by atoms with Gasteiger partial charge in [-0.1, -0.05) is 19.1 Å².